The van der Waals surface area contributed by atoms with Gasteiger partial charge in [0.25, 0.3) is 0 Å². The number of rotatable bonds is 14. The largest absolute Gasteiger partial charge is 0.632 e. The van der Waals surface area contributed by atoms with E-state index in [2.05, 4.69) is 18.5 Å². The number of fused-ring (bicyclic) bond motifs is 2. The summed E-state index contributed by atoms with van der Waals surface area (Å²) in [6.45, 7) is 2.97. The molecule has 0 unspecified atom stereocenters. The quantitative estimate of drug-likeness (QED) is 0.125. The van der Waals surface area contributed by atoms with Gasteiger partial charge in [-0.15, -0.1) is 0 Å². The molecule has 0 saturated carbocycles. The van der Waals surface area contributed by atoms with Crippen molar-refractivity contribution in [2.75, 3.05) is 6.54 Å². The molecule has 3 heteroatoms. The van der Waals surface area contributed by atoms with Crippen molar-refractivity contribution in [2.45, 2.75) is 77.6 Å². The second-order valence-electron chi connectivity index (χ2n) is 8.51. The highest BCUT2D eigenvalue weighted by molar-refractivity contribution is 6.16. The van der Waals surface area contributed by atoms with Crippen LogP contribution >= 0.6 is 0 Å². The van der Waals surface area contributed by atoms with Gasteiger partial charge in [0, 0.05) is 10.8 Å². The van der Waals surface area contributed by atoms with Crippen LogP contribution in [-0.4, -0.2) is 12.5 Å². The molecular weight excluding hydrogens is 382 g/mol. The van der Waals surface area contributed by atoms with Gasteiger partial charge in [0.1, 0.15) is 5.56 Å². The van der Waals surface area contributed by atoms with Gasteiger partial charge in [0.15, 0.2) is 0 Å². The van der Waals surface area contributed by atoms with Gasteiger partial charge in [0.2, 0.25) is 0 Å². The van der Waals surface area contributed by atoms with Crippen molar-refractivity contribution in [1.29, 1.82) is 0 Å². The van der Waals surface area contributed by atoms with E-state index in [-0.39, 0.29) is 5.97 Å². The van der Waals surface area contributed by atoms with Crippen LogP contribution in [-0.2, 0) is 4.84 Å². The van der Waals surface area contributed by atoms with E-state index in [1.807, 2.05) is 48.5 Å². The van der Waals surface area contributed by atoms with Crippen LogP contribution in [0.4, 0.5) is 0 Å². The Balaban J connectivity index is 1.38. The van der Waals surface area contributed by atoms with E-state index >= 15 is 0 Å². The van der Waals surface area contributed by atoms with Crippen LogP contribution in [0.1, 0.15) is 87.9 Å². The Labute approximate surface area is 187 Å². The fourth-order valence-electron chi connectivity index (χ4n) is 4.26. The molecule has 3 nitrogen and oxygen atoms in total. The van der Waals surface area contributed by atoms with Crippen LogP contribution in [0.5, 0.6) is 0 Å². The summed E-state index contributed by atoms with van der Waals surface area (Å²) < 4.78 is 0. The first-order valence-electron chi connectivity index (χ1n) is 12.2. The minimum Gasteiger partial charge on any atom is -0.195 e. The molecule has 31 heavy (non-hydrogen) atoms. The van der Waals surface area contributed by atoms with Gasteiger partial charge in [-0.05, 0) is 23.3 Å². The van der Waals surface area contributed by atoms with Gasteiger partial charge < -0.3 is 0 Å². The number of nitrogens with one attached hydrogen (secondary N) is 1. The lowest BCUT2D eigenvalue weighted by molar-refractivity contribution is 0.0256. The molecule has 165 valence electrons. The van der Waals surface area contributed by atoms with Crippen molar-refractivity contribution in [2.24, 2.45) is 0 Å². The molecule has 0 aliphatic carbocycles. The predicted octanol–water partition coefficient (Wildman–Crippen LogP) is 7.97. The number of carbonyl (C=O) groups is 1. The summed E-state index contributed by atoms with van der Waals surface area (Å²) in [5.74, 6) is -0.309. The smallest absolute Gasteiger partial charge is 0.195 e. The lowest BCUT2D eigenvalue weighted by Crippen LogP contribution is -2.21. The highest BCUT2D eigenvalue weighted by Crippen LogP contribution is 2.28. The summed E-state index contributed by atoms with van der Waals surface area (Å²) >= 11 is 0. The second-order valence-corrected chi connectivity index (χ2v) is 8.51. The molecule has 0 atom stereocenters. The van der Waals surface area contributed by atoms with Gasteiger partial charge in [-0.1, -0.05) is 125 Å². The molecule has 1 radical (unpaired) electrons. The number of unbranched alkanes of at least 4 members (excludes halogenated alkanes) is 10. The molecule has 0 spiro atoms. The first kappa shape index (κ1) is 23.3. The molecule has 0 aromatic heterocycles. The van der Waals surface area contributed by atoms with Crippen LogP contribution in [0.2, 0.25) is 0 Å². The van der Waals surface area contributed by atoms with Crippen molar-refractivity contribution in [3.8, 4) is 0 Å². The number of hydrogen-bond donors (Lipinski definition) is 1. The van der Waals surface area contributed by atoms with Crippen molar-refractivity contribution in [1.82, 2.24) is 5.48 Å². The van der Waals surface area contributed by atoms with E-state index in [0.29, 0.717) is 12.1 Å². The Morgan fingerprint density at radius 3 is 1.74 bits per heavy atom. The first-order valence-corrected chi connectivity index (χ1v) is 12.2. The van der Waals surface area contributed by atoms with Crippen LogP contribution in [0.25, 0.3) is 21.5 Å². The van der Waals surface area contributed by atoms with Gasteiger partial charge in [-0.2, -0.15) is 4.84 Å². The van der Waals surface area contributed by atoms with Crippen LogP contribution in [0.3, 0.4) is 0 Å². The summed E-state index contributed by atoms with van der Waals surface area (Å²) in [6.07, 6.45) is 14.4. The minimum absolute atomic E-state index is 0.309. The fourth-order valence-corrected chi connectivity index (χ4v) is 4.26. The molecule has 0 bridgehead atoms. The average Bonchev–Trinajstić information content (AvgIpc) is 2.80. The third kappa shape index (κ3) is 7.07. The SMILES string of the molecule is CCCCCCCCCCCCCNOC(=[O+])c1c2ccccc2cc2ccccc12. The van der Waals surface area contributed by atoms with Crippen LogP contribution < -0.4 is 5.48 Å². The predicted molar refractivity (Wildman–Crippen MR) is 131 cm³/mol. The lowest BCUT2D eigenvalue weighted by Gasteiger charge is -2.06. The van der Waals surface area contributed by atoms with Crippen molar-refractivity contribution >= 4 is 27.5 Å². The molecule has 1 N–H and O–H groups in total. The summed E-state index contributed by atoms with van der Waals surface area (Å²) in [6, 6.07) is 18.1. The topological polar surface area (TPSA) is 41.2 Å². The Morgan fingerprint density at radius 1 is 0.710 bits per heavy atom. The third-order valence-corrected chi connectivity index (χ3v) is 6.02. The molecule has 0 saturated heterocycles. The highest BCUT2D eigenvalue weighted by Gasteiger charge is 2.27. The fraction of sp³-hybridized carbons (Fsp3) is 0.464. The Bertz CT molecular complexity index is 896. The minimum atomic E-state index is -0.309. The van der Waals surface area contributed by atoms with Crippen LogP contribution in [0.15, 0.2) is 54.6 Å². The number of benzene rings is 3. The van der Waals surface area contributed by atoms with E-state index in [9.17, 15) is 4.79 Å². The first-order chi connectivity index (χ1) is 15.3. The molecule has 3 aromatic carbocycles. The monoisotopic (exact) mass is 419 g/mol. The Morgan fingerprint density at radius 2 is 1.19 bits per heavy atom. The summed E-state index contributed by atoms with van der Waals surface area (Å²) in [7, 11) is 0. The third-order valence-electron chi connectivity index (χ3n) is 6.02. The summed E-state index contributed by atoms with van der Waals surface area (Å²) in [4.78, 5) is 18.3. The molecule has 0 heterocycles. The van der Waals surface area contributed by atoms with E-state index in [1.54, 1.807) is 0 Å². The maximum atomic E-state index is 12.9. The standard InChI is InChI=1S/C28H37NO2/c1-2-3-4-5-6-7-8-9-10-11-16-21-29-31-28(30)27-25-19-14-12-17-23(25)22-24-18-13-15-20-26(24)27/h12-15,17-20,22,29H,2-11,16,21H2,1H3/q+1. The Hall–Kier alpha value is -2.39. The van der Waals surface area contributed by atoms with Gasteiger partial charge in [0.05, 0.1) is 11.3 Å². The van der Waals surface area contributed by atoms with E-state index in [0.717, 1.165) is 28.0 Å². The number of carbonyl (C=O) groups excluding carboxylic acids is 1. The molecule has 0 aliphatic rings. The maximum absolute atomic E-state index is 12.9. The van der Waals surface area contributed by atoms with Gasteiger partial charge >= 0.3 is 5.97 Å². The average molecular weight is 420 g/mol. The van der Waals surface area contributed by atoms with E-state index in [1.165, 1.54) is 64.2 Å². The molecule has 0 aliphatic heterocycles. The zero-order valence-electron chi connectivity index (χ0n) is 19.0. The highest BCUT2D eigenvalue weighted by atomic mass is 16.7. The van der Waals surface area contributed by atoms with Crippen LogP contribution in [0, 0.1) is 0 Å². The Kier molecular flexibility index (Phi) is 9.85. The molecule has 0 amide bonds. The van der Waals surface area contributed by atoms with E-state index in [4.69, 9.17) is 4.84 Å². The second kappa shape index (κ2) is 13.1. The normalized spacial score (nSPS) is 11.3. The molecular formula is C28H37NO2+. The number of hydroxylamine groups is 1. The zero-order valence-corrected chi connectivity index (χ0v) is 19.0. The van der Waals surface area contributed by atoms with Gasteiger partial charge in [-0.3, -0.25) is 0 Å². The molecule has 3 aromatic rings. The summed E-state index contributed by atoms with van der Waals surface area (Å²) in [5.41, 5.74) is 3.53. The lowest BCUT2D eigenvalue weighted by atomic mass is 9.97. The number of hydrogen-bond acceptors (Lipinski definition) is 3. The molecule has 3 rings (SSSR count). The van der Waals surface area contributed by atoms with Gasteiger partial charge in [-0.25, -0.2) is 0 Å². The summed E-state index contributed by atoms with van der Waals surface area (Å²) in [5, 5.41) is 3.97. The van der Waals surface area contributed by atoms with Crippen molar-refractivity contribution < 1.29 is 9.63 Å². The molecule has 0 fully saturated rings. The maximum Gasteiger partial charge on any atom is 0.632 e. The van der Waals surface area contributed by atoms with E-state index < -0.39 is 0 Å². The van der Waals surface area contributed by atoms with Crippen molar-refractivity contribution in [3.63, 3.8) is 0 Å². The van der Waals surface area contributed by atoms with Crippen molar-refractivity contribution in [3.05, 3.63) is 60.2 Å². The zero-order chi connectivity index (χ0) is 21.7.